The smallest absolute Gasteiger partial charge is 0.207 e. The summed E-state index contributed by atoms with van der Waals surface area (Å²) in [6.07, 6.45) is 8.20. The minimum Gasteiger partial charge on any atom is -0.323 e. The van der Waals surface area contributed by atoms with Gasteiger partial charge in [-0.25, -0.2) is 13.8 Å². The third kappa shape index (κ3) is 2.40. The minimum absolute atomic E-state index is 0.124. The summed E-state index contributed by atoms with van der Waals surface area (Å²) in [7, 11) is 0. The van der Waals surface area contributed by atoms with E-state index < -0.39 is 11.6 Å². The van der Waals surface area contributed by atoms with Crippen LogP contribution in [0, 0.1) is 18.6 Å². The molecular formula is C15H17F2N3. The number of hydrogen-bond acceptors (Lipinski definition) is 2. The number of anilines is 2. The van der Waals surface area contributed by atoms with Crippen LogP contribution in [0.4, 0.5) is 20.4 Å². The number of rotatable bonds is 3. The molecular weight excluding hydrogens is 260 g/mol. The van der Waals surface area contributed by atoms with Crippen molar-refractivity contribution in [3.05, 3.63) is 41.7 Å². The molecule has 1 aromatic carbocycles. The maximum Gasteiger partial charge on any atom is 0.207 e. The number of benzene rings is 1. The average Bonchev–Trinajstić information content (AvgIpc) is 3.06. The molecule has 1 saturated carbocycles. The number of imidazole rings is 1. The van der Waals surface area contributed by atoms with Gasteiger partial charge in [0.1, 0.15) is 11.6 Å². The lowest BCUT2D eigenvalue weighted by molar-refractivity contribution is 0.524. The van der Waals surface area contributed by atoms with E-state index in [9.17, 15) is 8.78 Å². The Morgan fingerprint density at radius 2 is 1.95 bits per heavy atom. The third-order valence-corrected chi connectivity index (χ3v) is 3.88. The van der Waals surface area contributed by atoms with Gasteiger partial charge in [-0.05, 0) is 31.4 Å². The fourth-order valence-corrected chi connectivity index (χ4v) is 2.75. The standard InChI is InChI=1S/C15H17F2N3/c1-10-8-13(17)14(9-12(10)16)19-15-18-6-7-20(15)11-4-2-3-5-11/h6-9,11H,2-5H2,1H3,(H,18,19). The Labute approximate surface area is 116 Å². The Bertz CT molecular complexity index is 616. The monoisotopic (exact) mass is 277 g/mol. The fourth-order valence-electron chi connectivity index (χ4n) is 2.75. The lowest BCUT2D eigenvalue weighted by Crippen LogP contribution is -2.09. The normalized spacial score (nSPS) is 15.8. The van der Waals surface area contributed by atoms with Crippen LogP contribution in [0.5, 0.6) is 0 Å². The van der Waals surface area contributed by atoms with Gasteiger partial charge in [0.25, 0.3) is 0 Å². The number of aromatic nitrogens is 2. The van der Waals surface area contributed by atoms with Gasteiger partial charge in [0.05, 0.1) is 5.69 Å². The van der Waals surface area contributed by atoms with E-state index in [1.54, 1.807) is 13.1 Å². The van der Waals surface area contributed by atoms with Crippen LogP contribution in [0.1, 0.15) is 37.3 Å². The highest BCUT2D eigenvalue weighted by Crippen LogP contribution is 2.32. The van der Waals surface area contributed by atoms with E-state index in [1.807, 2.05) is 10.8 Å². The summed E-state index contributed by atoms with van der Waals surface area (Å²) in [6, 6.07) is 2.78. The van der Waals surface area contributed by atoms with Crippen molar-refractivity contribution >= 4 is 11.6 Å². The highest BCUT2D eigenvalue weighted by molar-refractivity contribution is 5.55. The SMILES string of the molecule is Cc1cc(F)c(Nc2nccn2C2CCCC2)cc1F. The van der Waals surface area contributed by atoms with Crippen molar-refractivity contribution in [1.82, 2.24) is 9.55 Å². The topological polar surface area (TPSA) is 29.9 Å². The van der Waals surface area contributed by atoms with Crippen LogP contribution in [0.3, 0.4) is 0 Å². The second-order valence-corrected chi connectivity index (χ2v) is 5.30. The van der Waals surface area contributed by atoms with Crippen molar-refractivity contribution in [3.63, 3.8) is 0 Å². The summed E-state index contributed by atoms with van der Waals surface area (Å²) in [5.41, 5.74) is 0.422. The van der Waals surface area contributed by atoms with Crippen molar-refractivity contribution in [2.45, 2.75) is 38.6 Å². The van der Waals surface area contributed by atoms with Gasteiger partial charge in [0.2, 0.25) is 5.95 Å². The van der Waals surface area contributed by atoms with Crippen LogP contribution in [-0.4, -0.2) is 9.55 Å². The largest absolute Gasteiger partial charge is 0.323 e. The van der Waals surface area contributed by atoms with Crippen molar-refractivity contribution in [1.29, 1.82) is 0 Å². The zero-order valence-corrected chi connectivity index (χ0v) is 11.4. The van der Waals surface area contributed by atoms with Gasteiger partial charge in [0, 0.05) is 24.5 Å². The van der Waals surface area contributed by atoms with Crippen molar-refractivity contribution in [3.8, 4) is 0 Å². The van der Waals surface area contributed by atoms with Gasteiger partial charge in [-0.3, -0.25) is 0 Å². The average molecular weight is 277 g/mol. The summed E-state index contributed by atoms with van der Waals surface area (Å²) in [6.45, 7) is 1.54. The van der Waals surface area contributed by atoms with Gasteiger partial charge in [0.15, 0.2) is 0 Å². The quantitative estimate of drug-likeness (QED) is 0.905. The first-order valence-corrected chi connectivity index (χ1v) is 6.90. The highest BCUT2D eigenvalue weighted by Gasteiger charge is 2.20. The first-order chi connectivity index (χ1) is 9.65. The van der Waals surface area contributed by atoms with E-state index in [2.05, 4.69) is 10.3 Å². The fraction of sp³-hybridized carbons (Fsp3) is 0.400. The molecule has 0 amide bonds. The molecule has 106 valence electrons. The Balaban J connectivity index is 1.88. The molecule has 0 aliphatic heterocycles. The van der Waals surface area contributed by atoms with Crippen molar-refractivity contribution < 1.29 is 8.78 Å². The lowest BCUT2D eigenvalue weighted by Gasteiger charge is -2.16. The molecule has 1 heterocycles. The molecule has 1 N–H and O–H groups in total. The molecule has 1 fully saturated rings. The van der Waals surface area contributed by atoms with Crippen molar-refractivity contribution in [2.24, 2.45) is 0 Å². The second kappa shape index (κ2) is 5.23. The van der Waals surface area contributed by atoms with Crippen LogP contribution in [0.2, 0.25) is 0 Å². The van der Waals surface area contributed by atoms with Crippen LogP contribution in [0.15, 0.2) is 24.5 Å². The highest BCUT2D eigenvalue weighted by atomic mass is 19.1. The van der Waals surface area contributed by atoms with Crippen molar-refractivity contribution in [2.75, 3.05) is 5.32 Å². The molecule has 0 bridgehead atoms. The summed E-state index contributed by atoms with van der Waals surface area (Å²) < 4.78 is 29.4. The van der Waals surface area contributed by atoms with Gasteiger partial charge >= 0.3 is 0 Å². The van der Waals surface area contributed by atoms with Gasteiger partial charge in [-0.2, -0.15) is 0 Å². The summed E-state index contributed by atoms with van der Waals surface area (Å²) in [5.74, 6) is -0.322. The molecule has 5 heteroatoms. The molecule has 3 nitrogen and oxygen atoms in total. The molecule has 0 saturated heterocycles. The van der Waals surface area contributed by atoms with E-state index in [0.717, 1.165) is 12.8 Å². The molecule has 1 aliphatic rings. The predicted octanol–water partition coefficient (Wildman–Crippen LogP) is 4.33. The van der Waals surface area contributed by atoms with E-state index in [0.29, 0.717) is 17.6 Å². The van der Waals surface area contributed by atoms with Crippen LogP contribution >= 0.6 is 0 Å². The maximum absolute atomic E-state index is 13.9. The number of hydrogen-bond donors (Lipinski definition) is 1. The second-order valence-electron chi connectivity index (χ2n) is 5.30. The first-order valence-electron chi connectivity index (χ1n) is 6.90. The molecule has 0 spiro atoms. The molecule has 0 radical (unpaired) electrons. The van der Waals surface area contributed by atoms with E-state index in [4.69, 9.17) is 0 Å². The summed E-state index contributed by atoms with van der Waals surface area (Å²) in [5, 5.41) is 2.90. The van der Waals surface area contributed by atoms with E-state index in [1.165, 1.54) is 25.0 Å². The zero-order chi connectivity index (χ0) is 14.1. The molecule has 1 aromatic heterocycles. The number of nitrogens with one attached hydrogen (secondary N) is 1. The molecule has 3 rings (SSSR count). The molecule has 0 atom stereocenters. The molecule has 2 aromatic rings. The lowest BCUT2D eigenvalue weighted by atomic mass is 10.2. The minimum atomic E-state index is -0.468. The Kier molecular flexibility index (Phi) is 3.42. The Morgan fingerprint density at radius 1 is 1.20 bits per heavy atom. The van der Waals surface area contributed by atoms with Gasteiger partial charge in [-0.1, -0.05) is 12.8 Å². The molecule has 1 aliphatic carbocycles. The summed E-state index contributed by atoms with van der Waals surface area (Å²) in [4.78, 5) is 4.21. The van der Waals surface area contributed by atoms with Gasteiger partial charge in [-0.15, -0.1) is 0 Å². The van der Waals surface area contributed by atoms with Gasteiger partial charge < -0.3 is 9.88 Å². The number of nitrogens with zero attached hydrogens (tertiary/aromatic N) is 2. The predicted molar refractivity (Wildman–Crippen MR) is 74.1 cm³/mol. The Morgan fingerprint density at radius 3 is 2.70 bits per heavy atom. The molecule has 20 heavy (non-hydrogen) atoms. The number of halogens is 2. The van der Waals surface area contributed by atoms with Crippen LogP contribution in [-0.2, 0) is 0 Å². The zero-order valence-electron chi connectivity index (χ0n) is 11.4. The summed E-state index contributed by atoms with van der Waals surface area (Å²) >= 11 is 0. The van der Waals surface area contributed by atoms with E-state index >= 15 is 0 Å². The Hall–Kier alpha value is -1.91. The first kappa shape index (κ1) is 13.1. The third-order valence-electron chi connectivity index (χ3n) is 3.88. The van der Waals surface area contributed by atoms with Crippen LogP contribution in [0.25, 0.3) is 0 Å². The van der Waals surface area contributed by atoms with Crippen LogP contribution < -0.4 is 5.32 Å². The van der Waals surface area contributed by atoms with E-state index in [-0.39, 0.29) is 5.69 Å². The molecule has 0 unspecified atom stereocenters. The number of aryl methyl sites for hydroxylation is 1. The maximum atomic E-state index is 13.9.